The fourth-order valence-electron chi connectivity index (χ4n) is 4.90. The smallest absolute Gasteiger partial charge is 0.321 e. The van der Waals surface area contributed by atoms with Crippen LogP contribution in [0.5, 0.6) is 0 Å². The molecule has 0 aliphatic carbocycles. The number of carbonyl (C=O) groups is 2. The van der Waals surface area contributed by atoms with Crippen LogP contribution in [0.1, 0.15) is 13.8 Å². The Bertz CT molecular complexity index is 1010. The highest BCUT2D eigenvalue weighted by atomic mass is 35.6. The van der Waals surface area contributed by atoms with E-state index in [1.165, 1.54) is 19.9 Å². The number of ether oxygens (including phenoxy) is 7. The Morgan fingerprint density at radius 2 is 1.44 bits per heavy atom. The van der Waals surface area contributed by atoms with E-state index in [1.54, 1.807) is 0 Å². The Labute approximate surface area is 277 Å². The van der Waals surface area contributed by atoms with E-state index in [0.717, 1.165) is 0 Å². The fourth-order valence-corrected chi connectivity index (χ4v) is 5.12. The van der Waals surface area contributed by atoms with Crippen LogP contribution in [0.15, 0.2) is 12.7 Å². The van der Waals surface area contributed by atoms with Gasteiger partial charge in [-0.1, -0.05) is 40.9 Å². The minimum Gasteiger partial charge on any atom is -0.453 e. The largest absolute Gasteiger partial charge is 0.453 e. The zero-order chi connectivity index (χ0) is 33.8. The standard InChI is InChI=1S/C25H37Cl4NO15/c1-4-5-39-22-20(43-11(32)6-26)18(14(34)9(3)40-22)44-23-19(17(37)13(33)8(2)41-23)45-21-12(30-24(38)25(27,28)29)16(36)15(35)10(7-31)42-21/h4,8-10,12-23,31,33-37H,1,5-7H2,2-3H3,(H,30,38)/t8-,9-,10+,12+,13-,14-,15+,16+,17+,18+,19+,20+,21-,22+,23-/m0/s1. The van der Waals surface area contributed by atoms with E-state index >= 15 is 0 Å². The lowest BCUT2D eigenvalue weighted by molar-refractivity contribution is -0.378. The molecule has 15 atom stereocenters. The first-order chi connectivity index (χ1) is 21.0. The summed E-state index contributed by atoms with van der Waals surface area (Å²) < 4.78 is 37.4. The lowest BCUT2D eigenvalue weighted by Crippen LogP contribution is -2.69. The van der Waals surface area contributed by atoms with Crippen molar-refractivity contribution in [3.05, 3.63) is 12.7 Å². The van der Waals surface area contributed by atoms with Gasteiger partial charge >= 0.3 is 5.97 Å². The number of hydrogen-bond acceptors (Lipinski definition) is 15. The molecule has 3 heterocycles. The highest BCUT2D eigenvalue weighted by molar-refractivity contribution is 6.76. The van der Waals surface area contributed by atoms with E-state index in [1.807, 2.05) is 0 Å². The van der Waals surface area contributed by atoms with Gasteiger partial charge in [0, 0.05) is 0 Å². The molecular weight excluding hydrogens is 696 g/mol. The van der Waals surface area contributed by atoms with Gasteiger partial charge in [-0.2, -0.15) is 0 Å². The molecule has 0 saturated carbocycles. The second kappa shape index (κ2) is 16.6. The molecule has 3 fully saturated rings. The predicted molar refractivity (Wildman–Crippen MR) is 153 cm³/mol. The quantitative estimate of drug-likeness (QED) is 0.0690. The summed E-state index contributed by atoms with van der Waals surface area (Å²) in [6, 6.07) is -1.68. The molecule has 0 unspecified atom stereocenters. The minimum absolute atomic E-state index is 0.0523. The number of halogens is 4. The van der Waals surface area contributed by atoms with Crippen molar-refractivity contribution in [2.75, 3.05) is 19.1 Å². The van der Waals surface area contributed by atoms with Crippen LogP contribution in [0.25, 0.3) is 0 Å². The van der Waals surface area contributed by atoms with Crippen molar-refractivity contribution >= 4 is 58.3 Å². The predicted octanol–water partition coefficient (Wildman–Crippen LogP) is -2.02. The van der Waals surface area contributed by atoms with Gasteiger partial charge in [-0.15, -0.1) is 18.2 Å². The molecule has 260 valence electrons. The second-order valence-corrected chi connectivity index (χ2v) is 13.1. The Balaban J connectivity index is 1.97. The molecule has 3 aliphatic heterocycles. The lowest BCUT2D eigenvalue weighted by atomic mass is 9.95. The fraction of sp³-hybridized carbons (Fsp3) is 0.840. The Morgan fingerprint density at radius 1 is 0.844 bits per heavy atom. The first kappa shape index (κ1) is 38.8. The molecular formula is C25H37Cl4NO15. The average Bonchev–Trinajstić information content (AvgIpc) is 2.99. The minimum atomic E-state index is -2.52. The van der Waals surface area contributed by atoms with Crippen LogP contribution in [0, 0.1) is 0 Å². The topological polar surface area (TPSA) is 232 Å². The van der Waals surface area contributed by atoms with Crippen molar-refractivity contribution in [2.45, 2.75) is 110 Å². The number of amides is 1. The third-order valence-electron chi connectivity index (χ3n) is 7.32. The molecule has 16 nitrogen and oxygen atoms in total. The van der Waals surface area contributed by atoms with Crippen molar-refractivity contribution in [1.82, 2.24) is 5.32 Å². The van der Waals surface area contributed by atoms with Crippen molar-refractivity contribution in [3.63, 3.8) is 0 Å². The summed E-state index contributed by atoms with van der Waals surface area (Å²) in [6.45, 7) is 5.56. The van der Waals surface area contributed by atoms with Gasteiger partial charge in [-0.25, -0.2) is 0 Å². The van der Waals surface area contributed by atoms with Gasteiger partial charge in [0.05, 0.1) is 25.4 Å². The number of hydrogen-bond donors (Lipinski definition) is 7. The summed E-state index contributed by atoms with van der Waals surface area (Å²) in [6.07, 6.45) is -20.1. The molecule has 0 aromatic carbocycles. The number of aliphatic hydroxyl groups is 6. The highest BCUT2D eigenvalue weighted by Crippen LogP contribution is 2.34. The molecule has 0 bridgehead atoms. The van der Waals surface area contributed by atoms with Crippen molar-refractivity contribution in [3.8, 4) is 0 Å². The van der Waals surface area contributed by atoms with E-state index < -0.39 is 120 Å². The van der Waals surface area contributed by atoms with Gasteiger partial charge in [0.25, 0.3) is 9.70 Å². The summed E-state index contributed by atoms with van der Waals surface area (Å²) in [5, 5.41) is 65.8. The summed E-state index contributed by atoms with van der Waals surface area (Å²) in [5.74, 6) is -2.74. The van der Waals surface area contributed by atoms with Gasteiger partial charge in [0.2, 0.25) is 0 Å². The lowest BCUT2D eigenvalue weighted by Gasteiger charge is -2.49. The molecule has 3 aliphatic rings. The number of alkyl halides is 4. The van der Waals surface area contributed by atoms with E-state index in [-0.39, 0.29) is 6.61 Å². The molecule has 0 spiro atoms. The zero-order valence-corrected chi connectivity index (χ0v) is 27.0. The first-order valence-electron chi connectivity index (χ1n) is 13.7. The molecule has 0 aromatic rings. The van der Waals surface area contributed by atoms with Gasteiger partial charge in [-0.05, 0) is 13.8 Å². The third-order valence-corrected chi connectivity index (χ3v) is 8.05. The van der Waals surface area contributed by atoms with Gasteiger partial charge in [0.1, 0.15) is 60.8 Å². The number of aliphatic hydroxyl groups excluding tert-OH is 6. The summed E-state index contributed by atoms with van der Waals surface area (Å²) >= 11 is 22.6. The molecule has 20 heteroatoms. The summed E-state index contributed by atoms with van der Waals surface area (Å²) in [4.78, 5) is 24.7. The maximum atomic E-state index is 12.5. The molecule has 1 amide bonds. The SMILES string of the molecule is C=CCO[C@@H]1O[C@@H](C)[C@H](O)[C@@H](O[C@@H]2O[C@@H](C)[C@H](O)[C@@H](O)[C@H]2O[C@@H]2O[C@H](CO)[C@@H](O)[C@H](O)[C@H]2NC(=O)C(Cl)(Cl)Cl)[C@H]1OC(=O)CCl. The van der Waals surface area contributed by atoms with Crippen LogP contribution in [-0.4, -0.2) is 157 Å². The van der Waals surface area contributed by atoms with Crippen molar-refractivity contribution < 1.29 is 73.4 Å². The van der Waals surface area contributed by atoms with E-state index in [0.29, 0.717) is 0 Å². The number of nitrogens with one attached hydrogen (secondary N) is 1. The Morgan fingerprint density at radius 3 is 2.02 bits per heavy atom. The Hall–Kier alpha value is -0.640. The van der Waals surface area contributed by atoms with Crippen molar-refractivity contribution in [1.29, 1.82) is 0 Å². The van der Waals surface area contributed by atoms with Crippen LogP contribution >= 0.6 is 46.4 Å². The molecule has 45 heavy (non-hydrogen) atoms. The maximum absolute atomic E-state index is 12.5. The maximum Gasteiger partial charge on any atom is 0.321 e. The van der Waals surface area contributed by atoms with Gasteiger partial charge < -0.3 is 69.1 Å². The number of carbonyl (C=O) groups excluding carboxylic acids is 2. The van der Waals surface area contributed by atoms with Crippen LogP contribution in [0.2, 0.25) is 0 Å². The second-order valence-electron chi connectivity index (χ2n) is 10.5. The zero-order valence-electron chi connectivity index (χ0n) is 23.9. The van der Waals surface area contributed by atoms with Crippen LogP contribution in [0.3, 0.4) is 0 Å². The Kier molecular flexibility index (Phi) is 14.4. The van der Waals surface area contributed by atoms with E-state index in [2.05, 4.69) is 11.9 Å². The number of rotatable bonds is 11. The van der Waals surface area contributed by atoms with Gasteiger partial charge in [-0.3, -0.25) is 9.59 Å². The molecule has 3 rings (SSSR count). The molecule has 0 radical (unpaired) electrons. The van der Waals surface area contributed by atoms with Crippen LogP contribution in [-0.2, 0) is 42.7 Å². The number of esters is 1. The van der Waals surface area contributed by atoms with Crippen molar-refractivity contribution in [2.24, 2.45) is 0 Å². The van der Waals surface area contributed by atoms with E-state index in [4.69, 9.17) is 79.6 Å². The summed E-state index contributed by atoms with van der Waals surface area (Å²) in [7, 11) is 0. The highest BCUT2D eigenvalue weighted by Gasteiger charge is 2.55. The van der Waals surface area contributed by atoms with Crippen LogP contribution in [0.4, 0.5) is 0 Å². The third kappa shape index (κ3) is 9.29. The van der Waals surface area contributed by atoms with Gasteiger partial charge in [0.15, 0.2) is 25.0 Å². The molecule has 3 saturated heterocycles. The monoisotopic (exact) mass is 731 g/mol. The van der Waals surface area contributed by atoms with E-state index in [9.17, 15) is 40.2 Å². The van der Waals surface area contributed by atoms with Crippen LogP contribution < -0.4 is 5.32 Å². The first-order valence-corrected chi connectivity index (χ1v) is 15.4. The molecule has 0 aromatic heterocycles. The summed E-state index contributed by atoms with van der Waals surface area (Å²) in [5.41, 5.74) is 0. The normalized spacial score (nSPS) is 42.5. The average molecular weight is 733 g/mol. The molecule has 7 N–H and O–H groups in total.